The van der Waals surface area contributed by atoms with Gasteiger partial charge >= 0.3 is 0 Å². The Kier molecular flexibility index (Phi) is 4.07. The van der Waals surface area contributed by atoms with Crippen LogP contribution >= 0.6 is 0 Å². The van der Waals surface area contributed by atoms with Gasteiger partial charge in [-0.25, -0.2) is 0 Å². The van der Waals surface area contributed by atoms with E-state index in [2.05, 4.69) is 25.7 Å². The molecule has 0 aromatic carbocycles. The minimum Gasteiger partial charge on any atom is -0.298 e. The molecule has 72 valence electrons. The van der Waals surface area contributed by atoms with Crippen molar-refractivity contribution in [1.82, 2.24) is 4.90 Å². The summed E-state index contributed by atoms with van der Waals surface area (Å²) < 4.78 is 0. The fraction of sp³-hybridized carbons (Fsp3) is 1.00. The van der Waals surface area contributed by atoms with Gasteiger partial charge in [-0.1, -0.05) is 19.8 Å². The zero-order valence-electron chi connectivity index (χ0n) is 8.84. The van der Waals surface area contributed by atoms with Crippen LogP contribution < -0.4 is 0 Å². The fourth-order valence-electron chi connectivity index (χ4n) is 2.35. The number of rotatable bonds is 3. The molecule has 12 heavy (non-hydrogen) atoms. The molecule has 0 aromatic heterocycles. The summed E-state index contributed by atoms with van der Waals surface area (Å²) in [6.45, 7) is 8.29. The Balaban J connectivity index is 2.42. The summed E-state index contributed by atoms with van der Waals surface area (Å²) in [6, 6.07) is 1.64. The molecule has 0 bridgehead atoms. The molecule has 1 aliphatic rings. The van der Waals surface area contributed by atoms with Crippen molar-refractivity contribution in [3.05, 3.63) is 0 Å². The van der Waals surface area contributed by atoms with Crippen LogP contribution in [0.2, 0.25) is 0 Å². The topological polar surface area (TPSA) is 3.24 Å². The van der Waals surface area contributed by atoms with Gasteiger partial charge in [0.1, 0.15) is 0 Å². The van der Waals surface area contributed by atoms with Crippen LogP contribution in [-0.2, 0) is 0 Å². The Hall–Kier alpha value is -0.0400. The molecule has 0 amide bonds. The number of likely N-dealkylation sites (tertiary alicyclic amines) is 1. The molecule has 0 N–H and O–H groups in total. The summed E-state index contributed by atoms with van der Waals surface area (Å²) >= 11 is 0. The minimum atomic E-state index is 0.752. The zero-order chi connectivity index (χ0) is 8.97. The van der Waals surface area contributed by atoms with E-state index >= 15 is 0 Å². The molecule has 0 spiro atoms. The second-order valence-corrected chi connectivity index (χ2v) is 4.27. The normalized spacial score (nSPS) is 26.5. The summed E-state index contributed by atoms with van der Waals surface area (Å²) in [4.78, 5) is 2.69. The van der Waals surface area contributed by atoms with E-state index in [1.807, 2.05) is 0 Å². The van der Waals surface area contributed by atoms with E-state index in [1.165, 1.54) is 38.6 Å². The first-order chi connectivity index (χ1) is 5.75. The maximum absolute atomic E-state index is 2.69. The molecule has 1 fully saturated rings. The van der Waals surface area contributed by atoms with Crippen molar-refractivity contribution in [3.8, 4) is 0 Å². The van der Waals surface area contributed by atoms with E-state index < -0.39 is 0 Å². The van der Waals surface area contributed by atoms with Gasteiger partial charge in [-0.2, -0.15) is 0 Å². The molecule has 1 heteroatoms. The lowest BCUT2D eigenvalue weighted by molar-refractivity contribution is 0.105. The minimum absolute atomic E-state index is 0.752. The molecule has 0 saturated carbocycles. The van der Waals surface area contributed by atoms with Gasteiger partial charge in [0, 0.05) is 12.1 Å². The predicted octanol–water partition coefficient (Wildman–Crippen LogP) is 3.05. The van der Waals surface area contributed by atoms with Crippen LogP contribution in [0.1, 0.15) is 52.9 Å². The van der Waals surface area contributed by atoms with Gasteiger partial charge in [-0.3, -0.25) is 4.90 Å². The summed E-state index contributed by atoms with van der Waals surface area (Å²) in [5.74, 6) is 0. The largest absolute Gasteiger partial charge is 0.298 e. The molecule has 1 rings (SSSR count). The van der Waals surface area contributed by atoms with Gasteiger partial charge in [-0.05, 0) is 39.7 Å². The first-order valence-corrected chi connectivity index (χ1v) is 5.51. The summed E-state index contributed by atoms with van der Waals surface area (Å²) in [7, 11) is 0. The Bertz CT molecular complexity index is 118. The van der Waals surface area contributed by atoms with Gasteiger partial charge in [0.25, 0.3) is 0 Å². The molecule has 1 nitrogen and oxygen atoms in total. The first kappa shape index (κ1) is 10.0. The summed E-state index contributed by atoms with van der Waals surface area (Å²) in [6.07, 6.45) is 7.05. The number of hydrogen-bond acceptors (Lipinski definition) is 1. The molecule has 0 radical (unpaired) electrons. The lowest BCUT2D eigenvalue weighted by Gasteiger charge is -2.38. The molecule has 0 aliphatic carbocycles. The highest BCUT2D eigenvalue weighted by Gasteiger charge is 2.22. The van der Waals surface area contributed by atoms with Crippen LogP contribution in [-0.4, -0.2) is 23.5 Å². The smallest absolute Gasteiger partial charge is 0.00978 e. The number of piperidine rings is 1. The van der Waals surface area contributed by atoms with E-state index in [0.717, 1.165) is 12.1 Å². The summed E-state index contributed by atoms with van der Waals surface area (Å²) in [5.41, 5.74) is 0. The van der Waals surface area contributed by atoms with Crippen LogP contribution in [0, 0.1) is 0 Å². The molecule has 1 heterocycles. The highest BCUT2D eigenvalue weighted by molar-refractivity contribution is 4.78. The molecule has 0 aromatic rings. The highest BCUT2D eigenvalue weighted by Crippen LogP contribution is 2.22. The average molecular weight is 169 g/mol. The third-order valence-electron chi connectivity index (χ3n) is 2.96. The molecule has 1 saturated heterocycles. The van der Waals surface area contributed by atoms with E-state index in [0.29, 0.717) is 0 Å². The average Bonchev–Trinajstić information content (AvgIpc) is 2.05. The monoisotopic (exact) mass is 169 g/mol. The van der Waals surface area contributed by atoms with Gasteiger partial charge in [0.2, 0.25) is 0 Å². The second-order valence-electron chi connectivity index (χ2n) is 4.27. The highest BCUT2D eigenvalue weighted by atomic mass is 15.2. The van der Waals surface area contributed by atoms with Gasteiger partial charge in [-0.15, -0.1) is 0 Å². The van der Waals surface area contributed by atoms with E-state index in [1.54, 1.807) is 0 Å². The maximum atomic E-state index is 2.69. The fourth-order valence-corrected chi connectivity index (χ4v) is 2.35. The molecular weight excluding hydrogens is 146 g/mol. The van der Waals surface area contributed by atoms with Crippen molar-refractivity contribution in [2.75, 3.05) is 6.54 Å². The zero-order valence-corrected chi connectivity index (χ0v) is 8.84. The first-order valence-electron chi connectivity index (χ1n) is 5.51. The lowest BCUT2D eigenvalue weighted by Crippen LogP contribution is -2.43. The molecular formula is C11H23N. The summed E-state index contributed by atoms with van der Waals surface area (Å²) in [5, 5.41) is 0. The Morgan fingerprint density at radius 3 is 2.67 bits per heavy atom. The third kappa shape index (κ3) is 2.48. The van der Waals surface area contributed by atoms with Crippen molar-refractivity contribution in [1.29, 1.82) is 0 Å². The van der Waals surface area contributed by atoms with Gasteiger partial charge in [0.05, 0.1) is 0 Å². The Morgan fingerprint density at radius 1 is 1.33 bits per heavy atom. The van der Waals surface area contributed by atoms with Gasteiger partial charge < -0.3 is 0 Å². The van der Waals surface area contributed by atoms with E-state index in [4.69, 9.17) is 0 Å². The molecule has 1 atom stereocenters. The predicted molar refractivity (Wildman–Crippen MR) is 54.4 cm³/mol. The van der Waals surface area contributed by atoms with Gasteiger partial charge in [0.15, 0.2) is 0 Å². The maximum Gasteiger partial charge on any atom is 0.00978 e. The van der Waals surface area contributed by atoms with Crippen LogP contribution in [0.4, 0.5) is 0 Å². The van der Waals surface area contributed by atoms with Crippen LogP contribution in [0.25, 0.3) is 0 Å². The van der Waals surface area contributed by atoms with E-state index in [-0.39, 0.29) is 0 Å². The Labute approximate surface area is 77.1 Å². The van der Waals surface area contributed by atoms with Crippen molar-refractivity contribution in [2.24, 2.45) is 0 Å². The molecule has 1 aliphatic heterocycles. The Morgan fingerprint density at radius 2 is 2.08 bits per heavy atom. The standard InChI is InChI=1S/C11H23N/c1-4-7-11-8-5-6-9-12(11)10(2)3/h10-11H,4-9H2,1-3H3. The van der Waals surface area contributed by atoms with Crippen LogP contribution in [0.5, 0.6) is 0 Å². The van der Waals surface area contributed by atoms with Crippen molar-refractivity contribution in [2.45, 2.75) is 65.0 Å². The molecule has 1 unspecified atom stereocenters. The van der Waals surface area contributed by atoms with Crippen LogP contribution in [0.15, 0.2) is 0 Å². The third-order valence-corrected chi connectivity index (χ3v) is 2.96. The van der Waals surface area contributed by atoms with Crippen LogP contribution in [0.3, 0.4) is 0 Å². The lowest BCUT2D eigenvalue weighted by atomic mass is 9.97. The van der Waals surface area contributed by atoms with Crippen molar-refractivity contribution >= 4 is 0 Å². The second kappa shape index (κ2) is 4.86. The van der Waals surface area contributed by atoms with Crippen molar-refractivity contribution < 1.29 is 0 Å². The number of nitrogens with zero attached hydrogens (tertiary/aromatic N) is 1. The number of hydrogen-bond donors (Lipinski definition) is 0. The van der Waals surface area contributed by atoms with Crippen molar-refractivity contribution in [3.63, 3.8) is 0 Å². The SMILES string of the molecule is CCCC1CCCCN1C(C)C. The quantitative estimate of drug-likeness (QED) is 0.627. The van der Waals surface area contributed by atoms with E-state index in [9.17, 15) is 0 Å².